The van der Waals surface area contributed by atoms with Crippen molar-refractivity contribution in [3.63, 3.8) is 0 Å². The predicted molar refractivity (Wildman–Crippen MR) is 99.1 cm³/mol. The Bertz CT molecular complexity index is 1030. The van der Waals surface area contributed by atoms with Crippen molar-refractivity contribution in [2.75, 3.05) is 25.3 Å². The van der Waals surface area contributed by atoms with Crippen LogP contribution in [0.3, 0.4) is 0 Å². The highest BCUT2D eigenvalue weighted by molar-refractivity contribution is 7.14. The molecule has 0 bridgehead atoms. The summed E-state index contributed by atoms with van der Waals surface area (Å²) in [6.07, 6.45) is 0. The molecule has 27 heavy (non-hydrogen) atoms. The van der Waals surface area contributed by atoms with Crippen LogP contribution in [-0.2, 0) is 0 Å². The van der Waals surface area contributed by atoms with E-state index in [1.165, 1.54) is 11.3 Å². The molecular weight excluding hydrogens is 368 g/mol. The van der Waals surface area contributed by atoms with E-state index in [1.54, 1.807) is 18.2 Å². The number of nitrogens with zero attached hydrogens (tertiary/aromatic N) is 1. The molecule has 136 valence electrons. The molecule has 2 aliphatic rings. The van der Waals surface area contributed by atoms with Gasteiger partial charge in [-0.2, -0.15) is 0 Å². The van der Waals surface area contributed by atoms with Gasteiger partial charge in [-0.3, -0.25) is 10.1 Å². The van der Waals surface area contributed by atoms with E-state index in [0.717, 1.165) is 17.0 Å². The van der Waals surface area contributed by atoms with Crippen molar-refractivity contribution in [2.45, 2.75) is 0 Å². The lowest BCUT2D eigenvalue weighted by molar-refractivity contribution is 0.102. The van der Waals surface area contributed by atoms with Gasteiger partial charge in [0.05, 0.1) is 5.69 Å². The molecule has 0 atom stereocenters. The van der Waals surface area contributed by atoms with Crippen LogP contribution >= 0.6 is 11.3 Å². The lowest BCUT2D eigenvalue weighted by atomic mass is 10.1. The quantitative estimate of drug-likeness (QED) is 0.746. The predicted octanol–water partition coefficient (Wildman–Crippen LogP) is 3.56. The molecule has 0 saturated heterocycles. The summed E-state index contributed by atoms with van der Waals surface area (Å²) in [6.45, 7) is 1.26. The second-order valence-electron chi connectivity index (χ2n) is 5.92. The molecule has 5 rings (SSSR count). The minimum absolute atomic E-state index is 0.172. The van der Waals surface area contributed by atoms with E-state index in [2.05, 4.69) is 10.3 Å². The Morgan fingerprint density at radius 2 is 1.67 bits per heavy atom. The molecule has 0 unspecified atom stereocenters. The van der Waals surface area contributed by atoms with E-state index in [1.807, 2.05) is 23.6 Å². The average Bonchev–Trinajstić information content (AvgIpc) is 3.36. The third-order valence-corrected chi connectivity index (χ3v) is 4.96. The summed E-state index contributed by atoms with van der Waals surface area (Å²) in [4.78, 5) is 17.0. The molecule has 3 aromatic rings. The number of thiazole rings is 1. The molecule has 0 radical (unpaired) electrons. The van der Waals surface area contributed by atoms with Crippen LogP contribution in [0.1, 0.15) is 10.4 Å². The fourth-order valence-electron chi connectivity index (χ4n) is 2.87. The Morgan fingerprint density at radius 1 is 0.926 bits per heavy atom. The fraction of sp³-hybridized carbons (Fsp3) is 0.158. The molecule has 0 aliphatic carbocycles. The van der Waals surface area contributed by atoms with Crippen LogP contribution in [0.25, 0.3) is 11.3 Å². The molecule has 8 heteroatoms. The number of benzene rings is 2. The highest BCUT2D eigenvalue weighted by Crippen LogP contribution is 2.36. The Labute approximate surface area is 158 Å². The van der Waals surface area contributed by atoms with Gasteiger partial charge in [0.2, 0.25) is 6.79 Å². The third-order valence-electron chi connectivity index (χ3n) is 4.20. The number of anilines is 1. The van der Waals surface area contributed by atoms with Gasteiger partial charge in [0, 0.05) is 16.5 Å². The fourth-order valence-corrected chi connectivity index (χ4v) is 3.59. The number of hydrogen-bond donors (Lipinski definition) is 1. The minimum atomic E-state index is -0.253. The molecule has 7 nitrogen and oxygen atoms in total. The Balaban J connectivity index is 1.34. The van der Waals surface area contributed by atoms with Crippen molar-refractivity contribution >= 4 is 22.4 Å². The summed E-state index contributed by atoms with van der Waals surface area (Å²) in [6, 6.07) is 10.8. The first-order chi connectivity index (χ1) is 13.3. The van der Waals surface area contributed by atoms with Gasteiger partial charge in [-0.25, -0.2) is 4.98 Å². The van der Waals surface area contributed by atoms with Crippen LogP contribution in [0.5, 0.6) is 23.0 Å². The minimum Gasteiger partial charge on any atom is -0.486 e. The molecule has 0 saturated carbocycles. The highest BCUT2D eigenvalue weighted by atomic mass is 32.1. The van der Waals surface area contributed by atoms with Crippen molar-refractivity contribution in [2.24, 2.45) is 0 Å². The van der Waals surface area contributed by atoms with E-state index < -0.39 is 0 Å². The monoisotopic (exact) mass is 382 g/mol. The molecule has 0 spiro atoms. The number of carbonyl (C=O) groups excluding carboxylic acids is 1. The summed E-state index contributed by atoms with van der Waals surface area (Å²) < 4.78 is 21.7. The average molecular weight is 382 g/mol. The Kier molecular flexibility index (Phi) is 3.83. The van der Waals surface area contributed by atoms with Gasteiger partial charge < -0.3 is 18.9 Å². The zero-order chi connectivity index (χ0) is 18.2. The molecule has 1 aromatic heterocycles. The summed E-state index contributed by atoms with van der Waals surface area (Å²) in [5, 5.41) is 5.22. The highest BCUT2D eigenvalue weighted by Gasteiger charge is 2.18. The summed E-state index contributed by atoms with van der Waals surface area (Å²) in [5.41, 5.74) is 2.15. The van der Waals surface area contributed by atoms with E-state index in [0.29, 0.717) is 41.2 Å². The first-order valence-corrected chi connectivity index (χ1v) is 9.21. The molecule has 2 aromatic carbocycles. The van der Waals surface area contributed by atoms with Crippen molar-refractivity contribution < 1.29 is 23.7 Å². The summed E-state index contributed by atoms with van der Waals surface area (Å²) in [5.74, 6) is 2.39. The Morgan fingerprint density at radius 3 is 2.59 bits per heavy atom. The second kappa shape index (κ2) is 6.48. The van der Waals surface area contributed by atoms with Crippen LogP contribution in [0.4, 0.5) is 5.13 Å². The maximum atomic E-state index is 12.5. The first kappa shape index (κ1) is 16.0. The van der Waals surface area contributed by atoms with Crippen molar-refractivity contribution in [1.29, 1.82) is 0 Å². The third kappa shape index (κ3) is 3.04. The van der Waals surface area contributed by atoms with Gasteiger partial charge >= 0.3 is 0 Å². The molecule has 1 amide bonds. The van der Waals surface area contributed by atoms with Gasteiger partial charge in [-0.15, -0.1) is 11.3 Å². The SMILES string of the molecule is O=C(Nc1nc(-c2ccc3c(c2)OCCO3)cs1)c1ccc2c(c1)OCO2. The number of carbonyl (C=O) groups is 1. The molecule has 3 heterocycles. The van der Waals surface area contributed by atoms with E-state index in [9.17, 15) is 4.79 Å². The van der Waals surface area contributed by atoms with E-state index in [4.69, 9.17) is 18.9 Å². The second-order valence-corrected chi connectivity index (χ2v) is 6.78. The van der Waals surface area contributed by atoms with Gasteiger partial charge in [0.25, 0.3) is 5.91 Å². The van der Waals surface area contributed by atoms with Gasteiger partial charge in [0.1, 0.15) is 13.2 Å². The topological polar surface area (TPSA) is 78.9 Å². The van der Waals surface area contributed by atoms with Crippen LogP contribution in [0.15, 0.2) is 41.8 Å². The number of aromatic nitrogens is 1. The number of nitrogens with one attached hydrogen (secondary N) is 1. The van der Waals surface area contributed by atoms with Crippen LogP contribution in [-0.4, -0.2) is 30.9 Å². The largest absolute Gasteiger partial charge is 0.486 e. The zero-order valence-corrected chi connectivity index (χ0v) is 14.9. The van der Waals surface area contributed by atoms with Gasteiger partial charge in [-0.1, -0.05) is 0 Å². The standard InChI is InChI=1S/C19H14N2O5S/c22-18(12-2-4-15-17(8-12)26-10-25-15)21-19-20-13(9-27-19)11-1-3-14-16(7-11)24-6-5-23-14/h1-4,7-9H,5-6,10H2,(H,20,21,22). The molecule has 1 N–H and O–H groups in total. The number of ether oxygens (including phenoxy) is 4. The maximum absolute atomic E-state index is 12.5. The number of fused-ring (bicyclic) bond motifs is 2. The van der Waals surface area contributed by atoms with Crippen molar-refractivity contribution in [3.8, 4) is 34.3 Å². The summed E-state index contributed by atoms with van der Waals surface area (Å²) >= 11 is 1.36. The van der Waals surface area contributed by atoms with E-state index in [-0.39, 0.29) is 12.7 Å². The summed E-state index contributed by atoms with van der Waals surface area (Å²) in [7, 11) is 0. The zero-order valence-electron chi connectivity index (χ0n) is 14.1. The molecular formula is C19H14N2O5S. The smallest absolute Gasteiger partial charge is 0.257 e. The van der Waals surface area contributed by atoms with Crippen molar-refractivity contribution in [1.82, 2.24) is 4.98 Å². The lowest BCUT2D eigenvalue weighted by Crippen LogP contribution is -2.15. The maximum Gasteiger partial charge on any atom is 0.257 e. The first-order valence-electron chi connectivity index (χ1n) is 8.33. The van der Waals surface area contributed by atoms with Gasteiger partial charge in [0.15, 0.2) is 28.1 Å². The van der Waals surface area contributed by atoms with Crippen LogP contribution in [0.2, 0.25) is 0 Å². The lowest BCUT2D eigenvalue weighted by Gasteiger charge is -2.18. The van der Waals surface area contributed by atoms with Crippen LogP contribution in [0, 0.1) is 0 Å². The van der Waals surface area contributed by atoms with E-state index >= 15 is 0 Å². The molecule has 2 aliphatic heterocycles. The number of rotatable bonds is 3. The number of hydrogen-bond acceptors (Lipinski definition) is 7. The normalized spacial score (nSPS) is 14.1. The van der Waals surface area contributed by atoms with Crippen molar-refractivity contribution in [3.05, 3.63) is 47.3 Å². The Hall–Kier alpha value is -3.26. The molecule has 0 fully saturated rings. The van der Waals surface area contributed by atoms with Gasteiger partial charge in [-0.05, 0) is 36.4 Å². The van der Waals surface area contributed by atoms with Crippen LogP contribution < -0.4 is 24.3 Å². The number of amides is 1.